The maximum absolute atomic E-state index is 12.3. The van der Waals surface area contributed by atoms with E-state index in [2.05, 4.69) is 5.32 Å². The number of anilines is 1. The average molecular weight is 322 g/mol. The number of ether oxygens (including phenoxy) is 3. The van der Waals surface area contributed by atoms with Crippen molar-refractivity contribution in [2.24, 2.45) is 0 Å². The van der Waals surface area contributed by atoms with Crippen LogP contribution in [0.3, 0.4) is 0 Å². The first-order valence-corrected chi connectivity index (χ1v) is 6.83. The van der Waals surface area contributed by atoms with Gasteiger partial charge in [-0.1, -0.05) is 11.6 Å². The van der Waals surface area contributed by atoms with Crippen LogP contribution < -0.4 is 19.5 Å². The van der Waals surface area contributed by atoms with Gasteiger partial charge in [0, 0.05) is 11.8 Å². The predicted octanol–water partition coefficient (Wildman–Crippen LogP) is 3.62. The van der Waals surface area contributed by atoms with Crippen molar-refractivity contribution in [3.63, 3.8) is 0 Å². The van der Waals surface area contributed by atoms with Gasteiger partial charge in [0.05, 0.1) is 31.9 Å². The highest BCUT2D eigenvalue weighted by molar-refractivity contribution is 6.34. The third-order valence-corrected chi connectivity index (χ3v) is 3.37. The molecule has 116 valence electrons. The summed E-state index contributed by atoms with van der Waals surface area (Å²) in [5.74, 6) is 1.39. The summed E-state index contributed by atoms with van der Waals surface area (Å²) in [6.07, 6.45) is 0. The zero-order valence-electron chi connectivity index (χ0n) is 12.5. The molecule has 2 aromatic carbocycles. The normalized spacial score (nSPS) is 10.0. The second-order valence-corrected chi connectivity index (χ2v) is 4.78. The predicted molar refractivity (Wildman–Crippen MR) is 85.5 cm³/mol. The molecular weight excluding hydrogens is 306 g/mol. The molecule has 0 aliphatic carbocycles. The van der Waals surface area contributed by atoms with Crippen LogP contribution in [0.1, 0.15) is 10.4 Å². The molecule has 0 spiro atoms. The summed E-state index contributed by atoms with van der Waals surface area (Å²) in [6, 6.07) is 9.98. The van der Waals surface area contributed by atoms with Crippen LogP contribution >= 0.6 is 11.6 Å². The van der Waals surface area contributed by atoms with Crippen molar-refractivity contribution in [3.8, 4) is 17.2 Å². The molecule has 0 aromatic heterocycles. The zero-order valence-corrected chi connectivity index (χ0v) is 13.2. The van der Waals surface area contributed by atoms with Crippen molar-refractivity contribution < 1.29 is 19.0 Å². The number of benzene rings is 2. The molecule has 0 saturated heterocycles. The van der Waals surface area contributed by atoms with Gasteiger partial charge in [-0.25, -0.2) is 0 Å². The molecule has 0 aliphatic heterocycles. The number of hydrogen-bond donors (Lipinski definition) is 1. The number of rotatable bonds is 5. The van der Waals surface area contributed by atoms with E-state index in [1.165, 1.54) is 14.2 Å². The lowest BCUT2D eigenvalue weighted by Crippen LogP contribution is -2.12. The largest absolute Gasteiger partial charge is 0.497 e. The summed E-state index contributed by atoms with van der Waals surface area (Å²) in [7, 11) is 4.62. The Morgan fingerprint density at radius 3 is 2.27 bits per heavy atom. The van der Waals surface area contributed by atoms with E-state index >= 15 is 0 Å². The van der Waals surface area contributed by atoms with Crippen LogP contribution in [0.2, 0.25) is 5.02 Å². The number of methoxy groups -OCH3 is 3. The van der Waals surface area contributed by atoms with Crippen molar-refractivity contribution in [3.05, 3.63) is 47.0 Å². The molecule has 0 atom stereocenters. The van der Waals surface area contributed by atoms with Gasteiger partial charge in [0.1, 0.15) is 5.75 Å². The minimum Gasteiger partial charge on any atom is -0.497 e. The van der Waals surface area contributed by atoms with Gasteiger partial charge in [-0.05, 0) is 30.3 Å². The van der Waals surface area contributed by atoms with Crippen LogP contribution in [0.4, 0.5) is 5.69 Å². The summed E-state index contributed by atoms with van der Waals surface area (Å²) < 4.78 is 15.4. The Labute approximate surface area is 133 Å². The Bertz CT molecular complexity index is 688. The minimum absolute atomic E-state index is 0.317. The Hall–Kier alpha value is -2.40. The highest BCUT2D eigenvalue weighted by Crippen LogP contribution is 2.30. The average Bonchev–Trinajstić information content (AvgIpc) is 2.54. The van der Waals surface area contributed by atoms with Crippen molar-refractivity contribution in [1.29, 1.82) is 0 Å². The first kappa shape index (κ1) is 16.0. The quantitative estimate of drug-likeness (QED) is 0.914. The third kappa shape index (κ3) is 3.43. The molecule has 0 fully saturated rings. The summed E-state index contributed by atoms with van der Waals surface area (Å²) in [6.45, 7) is 0. The molecule has 1 amide bonds. The van der Waals surface area contributed by atoms with E-state index in [4.69, 9.17) is 25.8 Å². The number of hydrogen-bond acceptors (Lipinski definition) is 4. The van der Waals surface area contributed by atoms with Gasteiger partial charge in [-0.3, -0.25) is 4.79 Å². The molecule has 5 nitrogen and oxygen atoms in total. The third-order valence-electron chi connectivity index (χ3n) is 3.06. The summed E-state index contributed by atoms with van der Waals surface area (Å²) in [5, 5.41) is 3.08. The molecule has 0 heterocycles. The van der Waals surface area contributed by atoms with E-state index in [0.29, 0.717) is 33.5 Å². The lowest BCUT2D eigenvalue weighted by atomic mass is 10.2. The van der Waals surface area contributed by atoms with E-state index in [-0.39, 0.29) is 5.91 Å². The van der Waals surface area contributed by atoms with E-state index < -0.39 is 0 Å². The Kier molecular flexibility index (Phi) is 5.12. The lowest BCUT2D eigenvalue weighted by molar-refractivity contribution is 0.102. The van der Waals surface area contributed by atoms with Crippen molar-refractivity contribution >= 4 is 23.2 Å². The molecule has 0 bridgehead atoms. The molecule has 0 aliphatic rings. The zero-order chi connectivity index (χ0) is 16.1. The molecule has 22 heavy (non-hydrogen) atoms. The Morgan fingerprint density at radius 2 is 1.68 bits per heavy atom. The first-order valence-electron chi connectivity index (χ1n) is 6.46. The van der Waals surface area contributed by atoms with E-state index in [0.717, 1.165) is 0 Å². The monoisotopic (exact) mass is 321 g/mol. The second kappa shape index (κ2) is 7.04. The lowest BCUT2D eigenvalue weighted by Gasteiger charge is -2.11. The highest BCUT2D eigenvalue weighted by Gasteiger charge is 2.13. The van der Waals surface area contributed by atoms with E-state index in [1.807, 2.05) is 0 Å². The van der Waals surface area contributed by atoms with Crippen LogP contribution in [-0.4, -0.2) is 27.2 Å². The number of carbonyl (C=O) groups excluding carboxylic acids is 1. The van der Waals surface area contributed by atoms with E-state index in [9.17, 15) is 4.79 Å². The fourth-order valence-corrected chi connectivity index (χ4v) is 2.18. The van der Waals surface area contributed by atoms with Crippen LogP contribution in [-0.2, 0) is 0 Å². The number of amides is 1. The SMILES string of the molecule is COc1ccc(C(=O)Nc2ccc(OC)c(OC)c2)c(Cl)c1. The fraction of sp³-hybridized carbons (Fsp3) is 0.188. The molecule has 0 radical (unpaired) electrons. The summed E-state index contributed by atoms with van der Waals surface area (Å²) in [5.41, 5.74) is 0.937. The van der Waals surface area contributed by atoms with Crippen LogP contribution in [0.25, 0.3) is 0 Å². The number of nitrogens with one attached hydrogen (secondary N) is 1. The summed E-state index contributed by atoms with van der Waals surface area (Å²) >= 11 is 6.09. The second-order valence-electron chi connectivity index (χ2n) is 4.37. The van der Waals surface area contributed by atoms with Gasteiger partial charge in [0.2, 0.25) is 0 Å². The van der Waals surface area contributed by atoms with Gasteiger partial charge in [0.25, 0.3) is 5.91 Å². The number of carbonyl (C=O) groups is 1. The summed E-state index contributed by atoms with van der Waals surface area (Å²) in [4.78, 5) is 12.3. The van der Waals surface area contributed by atoms with Gasteiger partial charge >= 0.3 is 0 Å². The first-order chi connectivity index (χ1) is 10.6. The molecule has 2 aromatic rings. The van der Waals surface area contributed by atoms with E-state index in [1.54, 1.807) is 43.5 Å². The Balaban J connectivity index is 2.22. The van der Waals surface area contributed by atoms with Gasteiger partial charge in [0.15, 0.2) is 11.5 Å². The highest BCUT2D eigenvalue weighted by atomic mass is 35.5. The fourth-order valence-electron chi connectivity index (χ4n) is 1.92. The van der Waals surface area contributed by atoms with Crippen LogP contribution in [0, 0.1) is 0 Å². The molecular formula is C16H16ClNO4. The smallest absolute Gasteiger partial charge is 0.257 e. The maximum Gasteiger partial charge on any atom is 0.257 e. The van der Waals surface area contributed by atoms with Gasteiger partial charge in [-0.2, -0.15) is 0 Å². The maximum atomic E-state index is 12.3. The molecule has 0 unspecified atom stereocenters. The van der Waals surface area contributed by atoms with Gasteiger partial charge < -0.3 is 19.5 Å². The molecule has 2 rings (SSSR count). The Morgan fingerprint density at radius 1 is 0.955 bits per heavy atom. The topological polar surface area (TPSA) is 56.8 Å². The molecule has 0 saturated carbocycles. The standard InChI is InChI=1S/C16H16ClNO4/c1-20-11-5-6-12(13(17)9-11)16(19)18-10-4-7-14(21-2)15(8-10)22-3/h4-9H,1-3H3,(H,18,19). The van der Waals surface area contributed by atoms with Crippen LogP contribution in [0.15, 0.2) is 36.4 Å². The molecule has 6 heteroatoms. The van der Waals surface area contributed by atoms with Crippen molar-refractivity contribution in [2.75, 3.05) is 26.6 Å². The number of halogens is 1. The molecule has 1 N–H and O–H groups in total. The van der Waals surface area contributed by atoms with Crippen molar-refractivity contribution in [1.82, 2.24) is 0 Å². The minimum atomic E-state index is -0.320. The van der Waals surface area contributed by atoms with Crippen molar-refractivity contribution in [2.45, 2.75) is 0 Å². The van der Waals surface area contributed by atoms with Crippen LogP contribution in [0.5, 0.6) is 17.2 Å². The van der Waals surface area contributed by atoms with Gasteiger partial charge in [-0.15, -0.1) is 0 Å².